The zero-order valence-corrected chi connectivity index (χ0v) is 13.5. The SMILES string of the molecule is CCNCc1ccccc1NC(=O)c1ccc(F)c(C)c1.Cl. The van der Waals surface area contributed by atoms with Gasteiger partial charge in [-0.1, -0.05) is 25.1 Å². The Morgan fingerprint density at radius 1 is 1.18 bits per heavy atom. The van der Waals surface area contributed by atoms with Gasteiger partial charge in [0.15, 0.2) is 0 Å². The van der Waals surface area contributed by atoms with Crippen LogP contribution in [0.1, 0.15) is 28.4 Å². The summed E-state index contributed by atoms with van der Waals surface area (Å²) in [4.78, 5) is 12.2. The molecule has 0 heterocycles. The summed E-state index contributed by atoms with van der Waals surface area (Å²) in [5.74, 6) is -0.541. The van der Waals surface area contributed by atoms with Gasteiger partial charge in [0.25, 0.3) is 5.91 Å². The molecule has 0 aliphatic heterocycles. The van der Waals surface area contributed by atoms with E-state index in [0.29, 0.717) is 17.7 Å². The van der Waals surface area contributed by atoms with Gasteiger partial charge >= 0.3 is 0 Å². The Bertz CT molecular complexity index is 646. The molecule has 3 nitrogen and oxygen atoms in total. The summed E-state index contributed by atoms with van der Waals surface area (Å²) in [6.07, 6.45) is 0. The number of para-hydroxylation sites is 1. The Hall–Kier alpha value is -1.91. The molecule has 0 fully saturated rings. The number of anilines is 1. The molecular weight excluding hydrogens is 303 g/mol. The molecule has 0 saturated carbocycles. The predicted octanol–water partition coefficient (Wildman–Crippen LogP) is 3.92. The Kier molecular flexibility index (Phi) is 7.02. The van der Waals surface area contributed by atoms with Crippen LogP contribution in [-0.2, 0) is 6.54 Å². The van der Waals surface area contributed by atoms with Gasteiger partial charge in [0.1, 0.15) is 5.82 Å². The third-order valence-corrected chi connectivity index (χ3v) is 3.25. The maximum absolute atomic E-state index is 13.3. The second-order valence-corrected chi connectivity index (χ2v) is 4.86. The van der Waals surface area contributed by atoms with Gasteiger partial charge in [0.05, 0.1) is 0 Å². The van der Waals surface area contributed by atoms with E-state index in [2.05, 4.69) is 10.6 Å². The molecule has 118 valence electrons. The van der Waals surface area contributed by atoms with Crippen LogP contribution in [0, 0.1) is 12.7 Å². The number of rotatable bonds is 5. The van der Waals surface area contributed by atoms with Gasteiger partial charge < -0.3 is 10.6 Å². The summed E-state index contributed by atoms with van der Waals surface area (Å²) in [6.45, 7) is 5.22. The molecule has 2 aromatic carbocycles. The average Bonchev–Trinajstić information content (AvgIpc) is 2.49. The number of nitrogens with one attached hydrogen (secondary N) is 2. The van der Waals surface area contributed by atoms with Crippen molar-refractivity contribution in [2.45, 2.75) is 20.4 Å². The largest absolute Gasteiger partial charge is 0.322 e. The van der Waals surface area contributed by atoms with Crippen LogP contribution in [0.2, 0.25) is 0 Å². The van der Waals surface area contributed by atoms with Crippen LogP contribution in [0.25, 0.3) is 0 Å². The van der Waals surface area contributed by atoms with Crippen molar-refractivity contribution in [3.63, 3.8) is 0 Å². The molecule has 0 aliphatic rings. The zero-order valence-electron chi connectivity index (χ0n) is 12.7. The molecule has 0 unspecified atom stereocenters. The van der Waals surface area contributed by atoms with E-state index in [0.717, 1.165) is 17.8 Å². The first-order valence-electron chi connectivity index (χ1n) is 6.98. The van der Waals surface area contributed by atoms with E-state index in [1.807, 2.05) is 31.2 Å². The summed E-state index contributed by atoms with van der Waals surface area (Å²) in [7, 11) is 0. The Balaban J connectivity index is 0.00000242. The van der Waals surface area contributed by atoms with E-state index in [1.165, 1.54) is 12.1 Å². The second-order valence-electron chi connectivity index (χ2n) is 4.86. The van der Waals surface area contributed by atoms with Gasteiger partial charge in [-0.25, -0.2) is 4.39 Å². The lowest BCUT2D eigenvalue weighted by Gasteiger charge is -2.11. The smallest absolute Gasteiger partial charge is 0.255 e. The maximum Gasteiger partial charge on any atom is 0.255 e. The van der Waals surface area contributed by atoms with Crippen molar-refractivity contribution in [2.75, 3.05) is 11.9 Å². The highest BCUT2D eigenvalue weighted by Crippen LogP contribution is 2.17. The van der Waals surface area contributed by atoms with Crippen LogP contribution in [0.5, 0.6) is 0 Å². The maximum atomic E-state index is 13.3. The van der Waals surface area contributed by atoms with Crippen molar-refractivity contribution in [3.8, 4) is 0 Å². The molecule has 0 radical (unpaired) electrons. The molecule has 2 aromatic rings. The minimum Gasteiger partial charge on any atom is -0.322 e. The molecule has 0 aromatic heterocycles. The number of hydrogen-bond acceptors (Lipinski definition) is 2. The first-order valence-corrected chi connectivity index (χ1v) is 6.98. The Labute approximate surface area is 136 Å². The fraction of sp³-hybridized carbons (Fsp3) is 0.235. The van der Waals surface area contributed by atoms with Crippen LogP contribution in [-0.4, -0.2) is 12.5 Å². The minimum absolute atomic E-state index is 0. The molecule has 2 rings (SSSR count). The quantitative estimate of drug-likeness (QED) is 0.876. The van der Waals surface area contributed by atoms with Crippen LogP contribution in [0.4, 0.5) is 10.1 Å². The predicted molar refractivity (Wildman–Crippen MR) is 90.2 cm³/mol. The molecule has 2 N–H and O–H groups in total. The van der Waals surface area contributed by atoms with Gasteiger partial charge in [-0.05, 0) is 48.9 Å². The van der Waals surface area contributed by atoms with Crippen molar-refractivity contribution in [2.24, 2.45) is 0 Å². The van der Waals surface area contributed by atoms with Gasteiger partial charge in [-0.2, -0.15) is 0 Å². The average molecular weight is 323 g/mol. The molecule has 0 bridgehead atoms. The highest BCUT2D eigenvalue weighted by atomic mass is 35.5. The van der Waals surface area contributed by atoms with E-state index in [9.17, 15) is 9.18 Å². The van der Waals surface area contributed by atoms with Gasteiger partial charge in [0.2, 0.25) is 0 Å². The minimum atomic E-state index is -0.306. The third kappa shape index (κ3) is 4.55. The van der Waals surface area contributed by atoms with E-state index in [-0.39, 0.29) is 24.1 Å². The van der Waals surface area contributed by atoms with Crippen molar-refractivity contribution >= 4 is 24.0 Å². The summed E-state index contributed by atoms with van der Waals surface area (Å²) >= 11 is 0. The number of halogens is 2. The van der Waals surface area contributed by atoms with Crippen LogP contribution in [0.3, 0.4) is 0 Å². The standard InChI is InChI=1S/C17H19FN2O.ClH/c1-3-19-11-14-6-4-5-7-16(14)20-17(21)13-8-9-15(18)12(2)10-13;/h4-10,19H,3,11H2,1-2H3,(H,20,21);1H. The molecule has 1 amide bonds. The molecule has 0 saturated heterocycles. The molecule has 22 heavy (non-hydrogen) atoms. The number of amides is 1. The van der Waals surface area contributed by atoms with E-state index in [4.69, 9.17) is 0 Å². The fourth-order valence-electron chi connectivity index (χ4n) is 2.04. The van der Waals surface area contributed by atoms with Gasteiger partial charge in [-0.3, -0.25) is 4.79 Å². The third-order valence-electron chi connectivity index (χ3n) is 3.25. The first kappa shape index (κ1) is 18.1. The zero-order chi connectivity index (χ0) is 15.2. The van der Waals surface area contributed by atoms with Gasteiger partial charge in [0, 0.05) is 17.8 Å². The van der Waals surface area contributed by atoms with E-state index in [1.54, 1.807) is 13.0 Å². The highest BCUT2D eigenvalue weighted by molar-refractivity contribution is 6.04. The topological polar surface area (TPSA) is 41.1 Å². The van der Waals surface area contributed by atoms with Crippen LogP contribution in [0.15, 0.2) is 42.5 Å². The van der Waals surface area contributed by atoms with Crippen LogP contribution < -0.4 is 10.6 Å². The Morgan fingerprint density at radius 2 is 1.91 bits per heavy atom. The fourth-order valence-corrected chi connectivity index (χ4v) is 2.04. The van der Waals surface area contributed by atoms with Crippen molar-refractivity contribution in [1.29, 1.82) is 0 Å². The lowest BCUT2D eigenvalue weighted by atomic mass is 10.1. The number of aryl methyl sites for hydroxylation is 1. The second kappa shape index (κ2) is 8.51. The molecule has 0 spiro atoms. The normalized spacial score (nSPS) is 9.95. The number of carbonyl (C=O) groups excluding carboxylic acids is 1. The van der Waals surface area contributed by atoms with Gasteiger partial charge in [-0.15, -0.1) is 12.4 Å². The summed E-state index contributed by atoms with van der Waals surface area (Å²) in [5.41, 5.74) is 2.70. The number of carbonyl (C=O) groups is 1. The van der Waals surface area contributed by atoms with Crippen LogP contribution >= 0.6 is 12.4 Å². The van der Waals surface area contributed by atoms with Crippen molar-refractivity contribution < 1.29 is 9.18 Å². The summed E-state index contributed by atoms with van der Waals surface area (Å²) in [5, 5.41) is 6.11. The first-order chi connectivity index (χ1) is 10.1. The highest BCUT2D eigenvalue weighted by Gasteiger charge is 2.10. The lowest BCUT2D eigenvalue weighted by Crippen LogP contribution is -2.17. The monoisotopic (exact) mass is 322 g/mol. The van der Waals surface area contributed by atoms with Crippen molar-refractivity contribution in [1.82, 2.24) is 5.32 Å². The summed E-state index contributed by atoms with van der Waals surface area (Å²) in [6, 6.07) is 12.0. The Morgan fingerprint density at radius 3 is 2.59 bits per heavy atom. The van der Waals surface area contributed by atoms with E-state index < -0.39 is 0 Å². The molecule has 5 heteroatoms. The molecular formula is C17H20ClFN2O. The molecule has 0 atom stereocenters. The van der Waals surface area contributed by atoms with E-state index >= 15 is 0 Å². The van der Waals surface area contributed by atoms with Crippen molar-refractivity contribution in [3.05, 3.63) is 65.0 Å². The number of hydrogen-bond donors (Lipinski definition) is 2. The summed E-state index contributed by atoms with van der Waals surface area (Å²) < 4.78 is 13.3. The molecule has 0 aliphatic carbocycles. The lowest BCUT2D eigenvalue weighted by molar-refractivity contribution is 0.102. The number of benzene rings is 2.